The van der Waals surface area contributed by atoms with Crippen molar-refractivity contribution >= 4 is 17.2 Å². The fourth-order valence-electron chi connectivity index (χ4n) is 1.98. The van der Waals surface area contributed by atoms with Crippen molar-refractivity contribution in [3.8, 4) is 0 Å². The molecule has 0 saturated carbocycles. The molecule has 0 radical (unpaired) electrons. The number of amides is 1. The number of nitrogens with one attached hydrogen (secondary N) is 1. The molecule has 0 aliphatic heterocycles. The van der Waals surface area contributed by atoms with Crippen molar-refractivity contribution in [2.24, 2.45) is 0 Å². The predicted molar refractivity (Wildman–Crippen MR) is 77.0 cm³/mol. The van der Waals surface area contributed by atoms with Gasteiger partial charge in [0.2, 0.25) is 5.91 Å². The van der Waals surface area contributed by atoms with Crippen LogP contribution in [0.4, 0.5) is 13.2 Å². The Balaban J connectivity index is 2.17. The molecule has 0 fully saturated rings. The molecular formula is C15H14F3NO2S. The van der Waals surface area contributed by atoms with E-state index >= 15 is 0 Å². The van der Waals surface area contributed by atoms with Gasteiger partial charge in [-0.25, -0.2) is 13.2 Å². The van der Waals surface area contributed by atoms with Gasteiger partial charge in [0.1, 0.15) is 0 Å². The van der Waals surface area contributed by atoms with Crippen molar-refractivity contribution in [3.05, 3.63) is 57.5 Å². The van der Waals surface area contributed by atoms with E-state index < -0.39 is 41.9 Å². The molecule has 0 aliphatic carbocycles. The number of carbonyl (C=O) groups is 1. The van der Waals surface area contributed by atoms with Crippen molar-refractivity contribution < 1.29 is 23.1 Å². The predicted octanol–water partition coefficient (Wildman–Crippen LogP) is 3.12. The zero-order valence-corrected chi connectivity index (χ0v) is 12.5. The van der Waals surface area contributed by atoms with Crippen molar-refractivity contribution in [2.75, 3.05) is 6.61 Å². The number of hydrogen-bond acceptors (Lipinski definition) is 3. The van der Waals surface area contributed by atoms with E-state index in [1.54, 1.807) is 13.0 Å². The van der Waals surface area contributed by atoms with Crippen LogP contribution in [-0.4, -0.2) is 17.6 Å². The number of benzene rings is 1. The minimum atomic E-state index is -1.58. The normalized spacial score (nSPS) is 13.7. The van der Waals surface area contributed by atoms with Gasteiger partial charge >= 0.3 is 0 Å². The lowest BCUT2D eigenvalue weighted by Gasteiger charge is -2.19. The third-order valence-corrected chi connectivity index (χ3v) is 4.05. The second-order valence-corrected chi connectivity index (χ2v) is 5.60. The zero-order valence-electron chi connectivity index (χ0n) is 11.6. The average Bonchev–Trinajstić information content (AvgIpc) is 3.03. The molecule has 0 bridgehead atoms. The molecule has 3 nitrogen and oxygen atoms in total. The van der Waals surface area contributed by atoms with E-state index in [1.165, 1.54) is 11.3 Å². The summed E-state index contributed by atoms with van der Waals surface area (Å²) in [6.45, 7) is 1.12. The summed E-state index contributed by atoms with van der Waals surface area (Å²) < 4.78 is 39.5. The third kappa shape index (κ3) is 3.48. The molecule has 118 valence electrons. The number of aliphatic hydroxyl groups is 1. The van der Waals surface area contributed by atoms with Gasteiger partial charge in [0.05, 0.1) is 18.6 Å². The Morgan fingerprint density at radius 2 is 1.91 bits per heavy atom. The molecule has 1 aromatic heterocycles. The number of thiophene rings is 1. The zero-order chi connectivity index (χ0) is 16.3. The van der Waals surface area contributed by atoms with Crippen LogP contribution in [0.5, 0.6) is 0 Å². The maximum Gasteiger partial charge on any atom is 0.227 e. The summed E-state index contributed by atoms with van der Waals surface area (Å²) in [7, 11) is 0. The van der Waals surface area contributed by atoms with Crippen molar-refractivity contribution in [3.63, 3.8) is 0 Å². The van der Waals surface area contributed by atoms with Gasteiger partial charge in [0.25, 0.3) is 0 Å². The molecule has 1 aromatic carbocycles. The molecule has 0 spiro atoms. The third-order valence-electron chi connectivity index (χ3n) is 3.34. The first-order chi connectivity index (χ1) is 10.4. The largest absolute Gasteiger partial charge is 0.394 e. The Morgan fingerprint density at radius 1 is 1.27 bits per heavy atom. The average molecular weight is 329 g/mol. The maximum absolute atomic E-state index is 13.2. The molecule has 2 aromatic rings. The first-order valence-electron chi connectivity index (χ1n) is 6.51. The fourth-order valence-corrected chi connectivity index (χ4v) is 2.73. The van der Waals surface area contributed by atoms with Crippen LogP contribution in [0, 0.1) is 17.5 Å². The highest BCUT2D eigenvalue weighted by atomic mass is 32.1. The molecule has 22 heavy (non-hydrogen) atoms. The SMILES string of the molecule is CC(C(=O)NC(CO)c1cc(F)c(F)c(F)c1)c1ccsc1. The van der Waals surface area contributed by atoms with E-state index in [0.29, 0.717) is 0 Å². The van der Waals surface area contributed by atoms with Crippen LogP contribution < -0.4 is 5.32 Å². The summed E-state index contributed by atoms with van der Waals surface area (Å²) in [6.07, 6.45) is 0. The smallest absolute Gasteiger partial charge is 0.227 e. The van der Waals surface area contributed by atoms with Gasteiger partial charge in [0.15, 0.2) is 17.5 Å². The molecule has 0 aliphatic rings. The molecular weight excluding hydrogens is 315 g/mol. The summed E-state index contributed by atoms with van der Waals surface area (Å²) >= 11 is 1.44. The topological polar surface area (TPSA) is 49.3 Å². The van der Waals surface area contributed by atoms with Gasteiger partial charge < -0.3 is 10.4 Å². The van der Waals surface area contributed by atoms with Crippen LogP contribution in [0.3, 0.4) is 0 Å². The number of aliphatic hydroxyl groups excluding tert-OH is 1. The van der Waals surface area contributed by atoms with Gasteiger partial charge in [-0.15, -0.1) is 0 Å². The molecule has 1 amide bonds. The van der Waals surface area contributed by atoms with Crippen molar-refractivity contribution in [1.29, 1.82) is 0 Å². The molecule has 2 N–H and O–H groups in total. The summed E-state index contributed by atoms with van der Waals surface area (Å²) in [5, 5.41) is 15.5. The summed E-state index contributed by atoms with van der Waals surface area (Å²) in [6, 6.07) is 2.29. The number of halogens is 3. The van der Waals surface area contributed by atoms with Crippen LogP contribution in [-0.2, 0) is 4.79 Å². The Labute approximate surface area is 129 Å². The van der Waals surface area contributed by atoms with Gasteiger partial charge in [-0.2, -0.15) is 11.3 Å². The minimum absolute atomic E-state index is 0.0373. The maximum atomic E-state index is 13.2. The van der Waals surface area contributed by atoms with E-state index in [0.717, 1.165) is 17.7 Å². The van der Waals surface area contributed by atoms with Crippen molar-refractivity contribution in [1.82, 2.24) is 5.32 Å². The Bertz CT molecular complexity index is 638. The minimum Gasteiger partial charge on any atom is -0.394 e. The standard InChI is InChI=1S/C15H14F3NO2S/c1-8(9-2-3-22-7-9)15(21)19-13(6-20)10-4-11(16)14(18)12(17)5-10/h2-5,7-8,13,20H,6H2,1H3,(H,19,21). The van der Waals surface area contributed by atoms with Crippen molar-refractivity contribution in [2.45, 2.75) is 18.9 Å². The number of carbonyl (C=O) groups excluding carboxylic acids is 1. The van der Waals surface area contributed by atoms with E-state index in [2.05, 4.69) is 5.32 Å². The van der Waals surface area contributed by atoms with Gasteiger partial charge in [-0.05, 0) is 47.0 Å². The highest BCUT2D eigenvalue weighted by Gasteiger charge is 2.22. The molecule has 1 heterocycles. The van der Waals surface area contributed by atoms with Crippen LogP contribution in [0.25, 0.3) is 0 Å². The first-order valence-corrected chi connectivity index (χ1v) is 7.46. The molecule has 2 unspecified atom stereocenters. The van der Waals surface area contributed by atoms with Crippen LogP contribution in [0.2, 0.25) is 0 Å². The van der Waals surface area contributed by atoms with Crippen LogP contribution in [0.1, 0.15) is 30.0 Å². The molecule has 0 saturated heterocycles. The Kier molecular flexibility index (Phi) is 5.20. The lowest BCUT2D eigenvalue weighted by molar-refractivity contribution is -0.123. The number of rotatable bonds is 5. The first kappa shape index (κ1) is 16.5. The second-order valence-electron chi connectivity index (χ2n) is 4.82. The lowest BCUT2D eigenvalue weighted by Crippen LogP contribution is -2.34. The molecule has 2 atom stereocenters. The van der Waals surface area contributed by atoms with Gasteiger partial charge in [-0.1, -0.05) is 0 Å². The van der Waals surface area contributed by atoms with Crippen LogP contribution in [0.15, 0.2) is 29.0 Å². The van der Waals surface area contributed by atoms with E-state index in [4.69, 9.17) is 0 Å². The molecule has 7 heteroatoms. The monoisotopic (exact) mass is 329 g/mol. The highest BCUT2D eigenvalue weighted by molar-refractivity contribution is 7.08. The van der Waals surface area contributed by atoms with E-state index in [-0.39, 0.29) is 5.56 Å². The van der Waals surface area contributed by atoms with Gasteiger partial charge in [0, 0.05) is 0 Å². The summed E-state index contributed by atoms with van der Waals surface area (Å²) in [4.78, 5) is 12.1. The van der Waals surface area contributed by atoms with E-state index in [1.807, 2.05) is 10.8 Å². The Morgan fingerprint density at radius 3 is 2.41 bits per heavy atom. The molecule has 2 rings (SSSR count). The van der Waals surface area contributed by atoms with Crippen LogP contribution >= 0.6 is 11.3 Å². The second kappa shape index (κ2) is 6.93. The lowest BCUT2D eigenvalue weighted by atomic mass is 10.0. The fraction of sp³-hybridized carbons (Fsp3) is 0.267. The summed E-state index contributed by atoms with van der Waals surface area (Å²) in [5.74, 6) is -5.20. The summed E-state index contributed by atoms with van der Waals surface area (Å²) in [5.41, 5.74) is 0.764. The Hall–Kier alpha value is -1.86. The quantitative estimate of drug-likeness (QED) is 0.828. The highest BCUT2D eigenvalue weighted by Crippen LogP contribution is 2.22. The van der Waals surface area contributed by atoms with E-state index in [9.17, 15) is 23.1 Å². The number of hydrogen-bond donors (Lipinski definition) is 2. The van der Waals surface area contributed by atoms with Gasteiger partial charge in [-0.3, -0.25) is 4.79 Å².